The normalized spacial score (nSPS) is 18.4. The van der Waals surface area contributed by atoms with E-state index in [1.807, 2.05) is 0 Å². The van der Waals surface area contributed by atoms with Gasteiger partial charge >= 0.3 is 6.18 Å². The van der Waals surface area contributed by atoms with Gasteiger partial charge in [0.1, 0.15) is 17.5 Å². The van der Waals surface area contributed by atoms with Crippen molar-refractivity contribution in [1.82, 2.24) is 19.9 Å². The van der Waals surface area contributed by atoms with Crippen molar-refractivity contribution in [2.45, 2.75) is 44.8 Å². The number of hydrogen-bond donors (Lipinski definition) is 1. The van der Waals surface area contributed by atoms with Gasteiger partial charge in [-0.15, -0.1) is 0 Å². The van der Waals surface area contributed by atoms with Crippen LogP contribution in [0.1, 0.15) is 41.9 Å². The molecule has 4 heterocycles. The standard InChI is InChI=1S/C20H25F3N6/c21-20(22,23)15-5-4-8-25-19(15)29-11-6-14-16(7-12-29)26-17(27-18(14)24)13-28-9-2-1-3-10-28/h4-5,8H,1-3,6-7,9-13H2,(H2,24,26,27). The lowest BCUT2D eigenvalue weighted by Crippen LogP contribution is -2.30. The van der Waals surface area contributed by atoms with Gasteiger partial charge in [-0.25, -0.2) is 15.0 Å². The van der Waals surface area contributed by atoms with Gasteiger partial charge in [0.15, 0.2) is 0 Å². The monoisotopic (exact) mass is 406 g/mol. The van der Waals surface area contributed by atoms with Gasteiger partial charge in [0.25, 0.3) is 0 Å². The predicted octanol–water partition coefficient (Wildman–Crippen LogP) is 3.06. The lowest BCUT2D eigenvalue weighted by molar-refractivity contribution is -0.137. The molecule has 2 N–H and O–H groups in total. The van der Waals surface area contributed by atoms with E-state index in [1.165, 1.54) is 31.5 Å². The first kappa shape index (κ1) is 19.9. The number of aromatic nitrogens is 3. The van der Waals surface area contributed by atoms with Crippen LogP contribution in [0.5, 0.6) is 0 Å². The van der Waals surface area contributed by atoms with Crippen LogP contribution in [0.2, 0.25) is 0 Å². The summed E-state index contributed by atoms with van der Waals surface area (Å²) in [6.45, 7) is 3.54. The van der Waals surface area contributed by atoms with Crippen molar-refractivity contribution in [3.05, 3.63) is 41.0 Å². The van der Waals surface area contributed by atoms with E-state index in [9.17, 15) is 13.2 Å². The third-order valence-electron chi connectivity index (χ3n) is 5.63. The zero-order valence-corrected chi connectivity index (χ0v) is 16.3. The van der Waals surface area contributed by atoms with E-state index in [0.717, 1.165) is 30.4 Å². The summed E-state index contributed by atoms with van der Waals surface area (Å²) < 4.78 is 40.2. The van der Waals surface area contributed by atoms with E-state index in [1.54, 1.807) is 4.90 Å². The molecule has 0 aliphatic carbocycles. The highest BCUT2D eigenvalue weighted by atomic mass is 19.4. The highest BCUT2D eigenvalue weighted by Gasteiger charge is 2.36. The van der Waals surface area contributed by atoms with Crippen LogP contribution in [-0.2, 0) is 25.6 Å². The Morgan fingerprint density at radius 1 is 1.00 bits per heavy atom. The molecule has 4 rings (SSSR count). The molecule has 0 atom stereocenters. The average molecular weight is 406 g/mol. The van der Waals surface area contributed by atoms with Crippen LogP contribution in [-0.4, -0.2) is 46.0 Å². The molecule has 2 aliphatic heterocycles. The number of fused-ring (bicyclic) bond motifs is 1. The van der Waals surface area contributed by atoms with Crippen molar-refractivity contribution in [3.8, 4) is 0 Å². The van der Waals surface area contributed by atoms with Gasteiger partial charge in [-0.3, -0.25) is 4.90 Å². The van der Waals surface area contributed by atoms with Crippen LogP contribution in [0, 0.1) is 0 Å². The van der Waals surface area contributed by atoms with Gasteiger partial charge in [0.05, 0.1) is 17.8 Å². The molecule has 0 aromatic carbocycles. The molecule has 1 saturated heterocycles. The number of likely N-dealkylation sites (tertiary alicyclic amines) is 1. The van der Waals surface area contributed by atoms with Crippen LogP contribution < -0.4 is 10.6 Å². The minimum atomic E-state index is -4.44. The molecule has 2 aliphatic rings. The van der Waals surface area contributed by atoms with E-state index in [0.29, 0.717) is 44.1 Å². The van der Waals surface area contributed by atoms with E-state index in [2.05, 4.69) is 14.9 Å². The number of nitrogens with two attached hydrogens (primary N) is 1. The molecule has 9 heteroatoms. The number of pyridine rings is 1. The van der Waals surface area contributed by atoms with Crippen molar-refractivity contribution in [2.24, 2.45) is 0 Å². The first-order valence-electron chi connectivity index (χ1n) is 10.1. The predicted molar refractivity (Wildman–Crippen MR) is 104 cm³/mol. The Bertz CT molecular complexity index is 864. The molecule has 0 radical (unpaired) electrons. The number of anilines is 2. The molecule has 0 unspecified atom stereocenters. The Morgan fingerprint density at radius 2 is 1.76 bits per heavy atom. The second kappa shape index (κ2) is 8.14. The van der Waals surface area contributed by atoms with Crippen LogP contribution in [0.25, 0.3) is 0 Å². The van der Waals surface area contributed by atoms with E-state index < -0.39 is 11.7 Å². The van der Waals surface area contributed by atoms with Crippen molar-refractivity contribution in [3.63, 3.8) is 0 Å². The number of hydrogen-bond acceptors (Lipinski definition) is 6. The molecule has 2 aromatic heterocycles. The molecule has 156 valence electrons. The van der Waals surface area contributed by atoms with Gasteiger partial charge in [-0.2, -0.15) is 13.2 Å². The van der Waals surface area contributed by atoms with Crippen molar-refractivity contribution in [1.29, 1.82) is 0 Å². The quantitative estimate of drug-likeness (QED) is 0.845. The van der Waals surface area contributed by atoms with E-state index >= 15 is 0 Å². The third-order valence-corrected chi connectivity index (χ3v) is 5.63. The van der Waals surface area contributed by atoms with Crippen molar-refractivity contribution in [2.75, 3.05) is 36.8 Å². The summed E-state index contributed by atoms with van der Waals surface area (Å²) >= 11 is 0. The molecule has 29 heavy (non-hydrogen) atoms. The Morgan fingerprint density at radius 3 is 2.52 bits per heavy atom. The highest BCUT2D eigenvalue weighted by molar-refractivity contribution is 5.51. The Kier molecular flexibility index (Phi) is 5.58. The second-order valence-corrected chi connectivity index (χ2v) is 7.65. The molecular weight excluding hydrogens is 381 g/mol. The van der Waals surface area contributed by atoms with Gasteiger partial charge in [0.2, 0.25) is 0 Å². The zero-order chi connectivity index (χ0) is 20.4. The second-order valence-electron chi connectivity index (χ2n) is 7.65. The number of rotatable bonds is 3. The fraction of sp³-hybridized carbons (Fsp3) is 0.550. The summed E-state index contributed by atoms with van der Waals surface area (Å²) in [5.41, 5.74) is 7.19. The molecule has 2 aromatic rings. The van der Waals surface area contributed by atoms with Gasteiger partial charge in [0, 0.05) is 31.3 Å². The topological polar surface area (TPSA) is 71.2 Å². The number of halogens is 3. The van der Waals surface area contributed by atoms with E-state index in [4.69, 9.17) is 10.7 Å². The van der Waals surface area contributed by atoms with Crippen LogP contribution in [0.3, 0.4) is 0 Å². The number of piperidine rings is 1. The lowest BCUT2D eigenvalue weighted by Gasteiger charge is -2.25. The maximum absolute atomic E-state index is 13.4. The fourth-order valence-corrected chi connectivity index (χ4v) is 4.15. The molecule has 0 amide bonds. The summed E-state index contributed by atoms with van der Waals surface area (Å²) in [6.07, 6.45) is 1.59. The summed E-state index contributed by atoms with van der Waals surface area (Å²) in [5, 5.41) is 0. The molecule has 0 saturated carbocycles. The van der Waals surface area contributed by atoms with E-state index in [-0.39, 0.29) is 5.82 Å². The number of alkyl halides is 3. The number of nitrogens with zero attached hydrogens (tertiary/aromatic N) is 5. The van der Waals surface area contributed by atoms with Gasteiger partial charge < -0.3 is 10.6 Å². The summed E-state index contributed by atoms with van der Waals surface area (Å²) in [4.78, 5) is 17.2. The molecule has 0 spiro atoms. The van der Waals surface area contributed by atoms with Gasteiger partial charge in [-0.1, -0.05) is 6.42 Å². The van der Waals surface area contributed by atoms with Gasteiger partial charge in [-0.05, 0) is 44.5 Å². The highest BCUT2D eigenvalue weighted by Crippen LogP contribution is 2.36. The SMILES string of the molecule is Nc1nc(CN2CCCCC2)nc2c1CCN(c1ncccc1C(F)(F)F)CC2. The Balaban J connectivity index is 1.54. The Hall–Kier alpha value is -2.42. The van der Waals surface area contributed by atoms with Crippen LogP contribution >= 0.6 is 0 Å². The molecule has 1 fully saturated rings. The maximum atomic E-state index is 13.4. The van der Waals surface area contributed by atoms with Crippen molar-refractivity contribution >= 4 is 11.6 Å². The molecule has 0 bridgehead atoms. The summed E-state index contributed by atoms with van der Waals surface area (Å²) in [7, 11) is 0. The lowest BCUT2D eigenvalue weighted by atomic mass is 10.1. The smallest absolute Gasteiger partial charge is 0.383 e. The Labute approximate surface area is 168 Å². The summed E-state index contributed by atoms with van der Waals surface area (Å²) in [5.74, 6) is 1.11. The third kappa shape index (κ3) is 4.44. The fourth-order valence-electron chi connectivity index (χ4n) is 4.15. The van der Waals surface area contributed by atoms with Crippen LogP contribution in [0.4, 0.5) is 24.8 Å². The first-order chi connectivity index (χ1) is 13.9. The molecular formula is C20H25F3N6. The largest absolute Gasteiger partial charge is 0.419 e. The maximum Gasteiger partial charge on any atom is 0.419 e. The zero-order valence-electron chi connectivity index (χ0n) is 16.3. The molecule has 6 nitrogen and oxygen atoms in total. The summed E-state index contributed by atoms with van der Waals surface area (Å²) in [6, 6.07) is 2.39. The minimum Gasteiger partial charge on any atom is -0.383 e. The average Bonchev–Trinajstić information content (AvgIpc) is 2.91. The first-order valence-corrected chi connectivity index (χ1v) is 10.1. The van der Waals surface area contributed by atoms with Crippen molar-refractivity contribution < 1.29 is 13.2 Å². The van der Waals surface area contributed by atoms with Crippen LogP contribution in [0.15, 0.2) is 18.3 Å². The number of nitrogen functional groups attached to an aromatic ring is 1. The minimum absolute atomic E-state index is 0.0344.